The fourth-order valence-corrected chi connectivity index (χ4v) is 3.76. The third-order valence-corrected chi connectivity index (χ3v) is 4.74. The van der Waals surface area contributed by atoms with E-state index in [-0.39, 0.29) is 18.0 Å². The summed E-state index contributed by atoms with van der Waals surface area (Å²) in [5.74, 6) is -0.349. The summed E-state index contributed by atoms with van der Waals surface area (Å²) >= 11 is 0. The van der Waals surface area contributed by atoms with Gasteiger partial charge in [-0.2, -0.15) is 0 Å². The minimum Gasteiger partial charge on any atom is -0.490 e. The minimum absolute atomic E-state index is 0.00858. The van der Waals surface area contributed by atoms with E-state index in [0.29, 0.717) is 23.7 Å². The molecule has 0 aliphatic carbocycles. The topological polar surface area (TPSA) is 76.1 Å². The number of hydrogen-bond acceptors (Lipinski definition) is 4. The number of amides is 1. The van der Waals surface area contributed by atoms with Crippen LogP contribution in [0.25, 0.3) is 0 Å². The van der Waals surface area contributed by atoms with E-state index in [1.807, 2.05) is 11.8 Å². The van der Waals surface area contributed by atoms with Gasteiger partial charge in [0, 0.05) is 17.6 Å². The van der Waals surface area contributed by atoms with E-state index in [1.54, 1.807) is 18.2 Å². The Bertz CT molecular complexity index is 683. The van der Waals surface area contributed by atoms with Crippen molar-refractivity contribution in [1.29, 1.82) is 0 Å². The third-order valence-electron chi connectivity index (χ3n) is 4.74. The zero-order valence-electron chi connectivity index (χ0n) is 14.4. The Hall–Kier alpha value is -2.50. The van der Waals surface area contributed by atoms with Gasteiger partial charge in [0.15, 0.2) is 18.1 Å². The molecule has 0 saturated carbocycles. The van der Waals surface area contributed by atoms with Gasteiger partial charge in [0.05, 0.1) is 6.61 Å². The average Bonchev–Trinajstić information content (AvgIpc) is 2.84. The van der Waals surface area contributed by atoms with Crippen molar-refractivity contribution >= 4 is 11.9 Å². The van der Waals surface area contributed by atoms with Gasteiger partial charge in [0.1, 0.15) is 0 Å². The highest BCUT2D eigenvalue weighted by molar-refractivity contribution is 5.95. The van der Waals surface area contributed by atoms with Crippen LogP contribution in [0, 0.1) is 0 Å². The molecule has 1 aromatic rings. The Morgan fingerprint density at radius 3 is 2.48 bits per heavy atom. The number of piperidine rings is 1. The van der Waals surface area contributed by atoms with Crippen molar-refractivity contribution in [2.24, 2.45) is 0 Å². The summed E-state index contributed by atoms with van der Waals surface area (Å²) in [5, 5.41) is 8.76. The number of carbonyl (C=O) groups excluding carboxylic acids is 1. The lowest BCUT2D eigenvalue weighted by molar-refractivity contribution is -0.139. The summed E-state index contributed by atoms with van der Waals surface area (Å²) in [6, 6.07) is 5.39. The second-order valence-corrected chi connectivity index (χ2v) is 6.53. The van der Waals surface area contributed by atoms with Crippen LogP contribution in [-0.4, -0.2) is 47.2 Å². The van der Waals surface area contributed by atoms with Crippen LogP contribution in [0.2, 0.25) is 0 Å². The van der Waals surface area contributed by atoms with Crippen LogP contribution in [0.5, 0.6) is 11.5 Å². The molecule has 6 heteroatoms. The standard InChI is InChI=1S/C19H23NO5/c1-3-24-17-10-13(4-7-16(17)25-11-18(21)22)19(23)20-14-5-6-15(20)9-12(2)8-14/h4,7,10,14-15H,2-3,5-6,8-9,11H2,1H3,(H,21,22). The normalized spacial score (nSPS) is 22.0. The van der Waals surface area contributed by atoms with Crippen LogP contribution in [0.4, 0.5) is 0 Å². The molecule has 2 fully saturated rings. The van der Waals surface area contributed by atoms with Crippen molar-refractivity contribution in [1.82, 2.24) is 4.90 Å². The number of carbonyl (C=O) groups is 2. The Morgan fingerprint density at radius 1 is 1.20 bits per heavy atom. The molecule has 2 heterocycles. The van der Waals surface area contributed by atoms with Crippen LogP contribution >= 0.6 is 0 Å². The predicted octanol–water partition coefficient (Wildman–Crippen LogP) is 2.87. The second kappa shape index (κ2) is 7.17. The lowest BCUT2D eigenvalue weighted by Crippen LogP contribution is -2.44. The maximum Gasteiger partial charge on any atom is 0.341 e. The average molecular weight is 345 g/mol. The molecule has 0 spiro atoms. The molecule has 2 bridgehead atoms. The Labute approximate surface area is 147 Å². The van der Waals surface area contributed by atoms with Crippen molar-refractivity contribution in [3.63, 3.8) is 0 Å². The van der Waals surface area contributed by atoms with Gasteiger partial charge in [0.2, 0.25) is 0 Å². The molecule has 2 unspecified atom stereocenters. The first-order chi connectivity index (χ1) is 12.0. The summed E-state index contributed by atoms with van der Waals surface area (Å²) in [6.07, 6.45) is 3.79. The summed E-state index contributed by atoms with van der Waals surface area (Å²) in [5.41, 5.74) is 1.76. The first kappa shape index (κ1) is 17.3. The maximum atomic E-state index is 13.0. The van der Waals surface area contributed by atoms with Crippen LogP contribution in [0.1, 0.15) is 43.0 Å². The quantitative estimate of drug-likeness (QED) is 0.802. The fraction of sp³-hybridized carbons (Fsp3) is 0.474. The molecule has 0 radical (unpaired) electrons. The van der Waals surface area contributed by atoms with E-state index in [4.69, 9.17) is 14.6 Å². The third kappa shape index (κ3) is 3.62. The Morgan fingerprint density at radius 2 is 1.88 bits per heavy atom. The smallest absolute Gasteiger partial charge is 0.341 e. The van der Waals surface area contributed by atoms with E-state index in [9.17, 15) is 9.59 Å². The molecule has 1 aromatic carbocycles. The summed E-state index contributed by atoms with van der Waals surface area (Å²) in [4.78, 5) is 25.7. The van der Waals surface area contributed by atoms with E-state index >= 15 is 0 Å². The Balaban J connectivity index is 1.82. The number of ether oxygens (including phenoxy) is 2. The maximum absolute atomic E-state index is 13.0. The summed E-state index contributed by atoms with van der Waals surface area (Å²) < 4.78 is 10.8. The molecule has 1 N–H and O–H groups in total. The summed E-state index contributed by atoms with van der Waals surface area (Å²) in [6.45, 7) is 5.86. The summed E-state index contributed by atoms with van der Waals surface area (Å²) in [7, 11) is 0. The highest BCUT2D eigenvalue weighted by Crippen LogP contribution is 2.39. The number of rotatable bonds is 6. The van der Waals surface area contributed by atoms with Gasteiger partial charge in [-0.25, -0.2) is 4.79 Å². The molecule has 1 amide bonds. The van der Waals surface area contributed by atoms with E-state index in [2.05, 4.69) is 6.58 Å². The highest BCUT2D eigenvalue weighted by atomic mass is 16.5. The van der Waals surface area contributed by atoms with Crippen LogP contribution in [0.15, 0.2) is 30.4 Å². The van der Waals surface area contributed by atoms with Crippen molar-refractivity contribution < 1.29 is 24.2 Å². The monoisotopic (exact) mass is 345 g/mol. The zero-order chi connectivity index (χ0) is 18.0. The lowest BCUT2D eigenvalue weighted by Gasteiger charge is -2.36. The largest absolute Gasteiger partial charge is 0.490 e. The molecular weight excluding hydrogens is 322 g/mol. The van der Waals surface area contributed by atoms with Gasteiger partial charge < -0.3 is 19.5 Å². The van der Waals surface area contributed by atoms with Crippen molar-refractivity contribution in [3.05, 3.63) is 35.9 Å². The lowest BCUT2D eigenvalue weighted by atomic mass is 9.97. The van der Waals surface area contributed by atoms with Crippen LogP contribution in [0.3, 0.4) is 0 Å². The molecule has 6 nitrogen and oxygen atoms in total. The fourth-order valence-electron chi connectivity index (χ4n) is 3.76. The molecule has 2 saturated heterocycles. The number of carboxylic acids is 1. The molecule has 0 aromatic heterocycles. The van der Waals surface area contributed by atoms with Gasteiger partial charge in [-0.1, -0.05) is 12.2 Å². The number of benzene rings is 1. The van der Waals surface area contributed by atoms with Crippen molar-refractivity contribution in [3.8, 4) is 11.5 Å². The predicted molar refractivity (Wildman–Crippen MR) is 92.1 cm³/mol. The number of hydrogen-bond donors (Lipinski definition) is 1. The first-order valence-corrected chi connectivity index (χ1v) is 8.60. The van der Waals surface area contributed by atoms with Gasteiger partial charge in [0.25, 0.3) is 5.91 Å². The number of fused-ring (bicyclic) bond motifs is 2. The molecule has 2 atom stereocenters. The molecule has 2 aliphatic heterocycles. The molecule has 25 heavy (non-hydrogen) atoms. The molecule has 134 valence electrons. The zero-order valence-corrected chi connectivity index (χ0v) is 14.4. The molecular formula is C19H23NO5. The van der Waals surface area contributed by atoms with Crippen molar-refractivity contribution in [2.75, 3.05) is 13.2 Å². The van der Waals surface area contributed by atoms with E-state index in [1.165, 1.54) is 5.57 Å². The second-order valence-electron chi connectivity index (χ2n) is 6.53. The number of nitrogens with zero attached hydrogens (tertiary/aromatic N) is 1. The number of aliphatic carboxylic acids is 1. The SMILES string of the molecule is C=C1CC2CCC(C1)N2C(=O)c1ccc(OCC(=O)O)c(OCC)c1. The van der Waals surface area contributed by atoms with Crippen LogP contribution < -0.4 is 9.47 Å². The highest BCUT2D eigenvalue weighted by Gasteiger charge is 2.41. The minimum atomic E-state index is -1.06. The van der Waals surface area contributed by atoms with Gasteiger partial charge >= 0.3 is 5.97 Å². The number of carboxylic acid groups (broad SMARTS) is 1. The van der Waals surface area contributed by atoms with Gasteiger partial charge in [-0.3, -0.25) is 4.79 Å². The first-order valence-electron chi connectivity index (χ1n) is 8.60. The Kier molecular flexibility index (Phi) is 4.97. The van der Waals surface area contributed by atoms with E-state index < -0.39 is 12.6 Å². The molecule has 3 rings (SSSR count). The van der Waals surface area contributed by atoms with Gasteiger partial charge in [-0.05, 0) is 50.8 Å². The van der Waals surface area contributed by atoms with Crippen molar-refractivity contribution in [2.45, 2.75) is 44.7 Å². The van der Waals surface area contributed by atoms with E-state index in [0.717, 1.165) is 25.7 Å². The van der Waals surface area contributed by atoms with Gasteiger partial charge in [-0.15, -0.1) is 0 Å². The van der Waals surface area contributed by atoms with Crippen LogP contribution in [-0.2, 0) is 4.79 Å². The molecule has 2 aliphatic rings.